The average molecular weight is 300 g/mol. The summed E-state index contributed by atoms with van der Waals surface area (Å²) in [4.78, 5) is 12.5. The predicted octanol–water partition coefficient (Wildman–Crippen LogP) is 4.79. The van der Waals surface area contributed by atoms with E-state index < -0.39 is 0 Å². The van der Waals surface area contributed by atoms with Gasteiger partial charge in [-0.05, 0) is 48.5 Å². The zero-order valence-electron chi connectivity index (χ0n) is 14.0. The largest absolute Gasteiger partial charge is 0.462 e. The Bertz CT molecular complexity index is 508. The van der Waals surface area contributed by atoms with Crippen LogP contribution < -0.4 is 0 Å². The van der Waals surface area contributed by atoms with Crippen molar-refractivity contribution in [3.63, 3.8) is 0 Å². The van der Waals surface area contributed by atoms with Gasteiger partial charge in [0.1, 0.15) is 6.10 Å². The summed E-state index contributed by atoms with van der Waals surface area (Å²) in [7, 11) is 0. The third-order valence-electron chi connectivity index (χ3n) is 5.55. The molecule has 0 unspecified atom stereocenters. The minimum atomic E-state index is 0.0404. The molecule has 1 aromatic rings. The van der Waals surface area contributed by atoms with Crippen molar-refractivity contribution >= 4 is 5.97 Å². The van der Waals surface area contributed by atoms with E-state index in [4.69, 9.17) is 4.74 Å². The molecule has 2 heteroatoms. The normalized spacial score (nSPS) is 34.5. The van der Waals surface area contributed by atoms with Crippen molar-refractivity contribution in [2.75, 3.05) is 0 Å². The zero-order valence-corrected chi connectivity index (χ0v) is 14.0. The monoisotopic (exact) mass is 300 g/mol. The number of carbonyl (C=O) groups is 1. The Morgan fingerprint density at radius 3 is 2.55 bits per heavy atom. The fraction of sp³-hybridized carbons (Fsp3) is 0.650. The molecule has 1 aromatic carbocycles. The van der Waals surface area contributed by atoms with Gasteiger partial charge in [-0.2, -0.15) is 0 Å². The van der Waals surface area contributed by atoms with Gasteiger partial charge in [-0.25, -0.2) is 0 Å². The summed E-state index contributed by atoms with van der Waals surface area (Å²) in [6.45, 7) is 6.79. The van der Waals surface area contributed by atoms with Gasteiger partial charge in [-0.1, -0.05) is 57.5 Å². The van der Waals surface area contributed by atoms with Gasteiger partial charge in [-0.3, -0.25) is 4.79 Å². The van der Waals surface area contributed by atoms with Crippen molar-refractivity contribution in [3.8, 4) is 0 Å². The topological polar surface area (TPSA) is 26.3 Å². The molecule has 0 spiro atoms. The molecule has 0 amide bonds. The summed E-state index contributed by atoms with van der Waals surface area (Å²) >= 11 is 0. The summed E-state index contributed by atoms with van der Waals surface area (Å²) < 4.78 is 5.97. The average Bonchev–Trinajstić information content (AvgIpc) is 3.28. The van der Waals surface area contributed by atoms with Gasteiger partial charge < -0.3 is 4.74 Å². The fourth-order valence-corrected chi connectivity index (χ4v) is 4.01. The molecule has 0 aliphatic heterocycles. The van der Waals surface area contributed by atoms with E-state index >= 15 is 0 Å². The van der Waals surface area contributed by atoms with Crippen LogP contribution in [0.1, 0.15) is 57.9 Å². The molecule has 0 saturated heterocycles. The second-order valence-electron chi connectivity index (χ2n) is 7.66. The maximum Gasteiger partial charge on any atom is 0.309 e. The SMILES string of the molecule is CC(C)[C@H]1CC[C@H](C)C[C@@H]1OC(=O)[C@H]1C[C@@H]1c1ccccc1. The highest BCUT2D eigenvalue weighted by Gasteiger charge is 2.46. The van der Waals surface area contributed by atoms with Crippen LogP contribution in [0.2, 0.25) is 0 Å². The number of hydrogen-bond donors (Lipinski definition) is 0. The van der Waals surface area contributed by atoms with Crippen LogP contribution in [-0.2, 0) is 9.53 Å². The summed E-state index contributed by atoms with van der Waals surface area (Å²) in [6.07, 6.45) is 4.60. The van der Waals surface area contributed by atoms with Crippen LogP contribution in [0.4, 0.5) is 0 Å². The molecule has 2 fully saturated rings. The van der Waals surface area contributed by atoms with Gasteiger partial charge >= 0.3 is 5.97 Å². The quantitative estimate of drug-likeness (QED) is 0.747. The van der Waals surface area contributed by atoms with Gasteiger partial charge in [-0.15, -0.1) is 0 Å². The lowest BCUT2D eigenvalue weighted by Gasteiger charge is -2.36. The van der Waals surface area contributed by atoms with Gasteiger partial charge in [0.15, 0.2) is 0 Å². The molecular formula is C20H28O2. The van der Waals surface area contributed by atoms with E-state index in [2.05, 4.69) is 32.9 Å². The first-order valence-corrected chi connectivity index (χ1v) is 8.81. The molecule has 0 radical (unpaired) electrons. The van der Waals surface area contributed by atoms with Gasteiger partial charge in [0.05, 0.1) is 5.92 Å². The van der Waals surface area contributed by atoms with Crippen LogP contribution in [0.25, 0.3) is 0 Å². The van der Waals surface area contributed by atoms with Gasteiger partial charge in [0, 0.05) is 0 Å². The Morgan fingerprint density at radius 2 is 1.86 bits per heavy atom. The van der Waals surface area contributed by atoms with E-state index in [0.29, 0.717) is 23.7 Å². The molecule has 120 valence electrons. The van der Waals surface area contributed by atoms with E-state index in [0.717, 1.165) is 12.8 Å². The van der Waals surface area contributed by atoms with E-state index in [1.807, 2.05) is 18.2 Å². The summed E-state index contributed by atoms with van der Waals surface area (Å²) in [5.74, 6) is 2.32. The van der Waals surface area contributed by atoms with E-state index in [1.165, 1.54) is 18.4 Å². The number of hydrogen-bond acceptors (Lipinski definition) is 2. The minimum absolute atomic E-state index is 0.0404. The second-order valence-corrected chi connectivity index (χ2v) is 7.66. The van der Waals surface area contributed by atoms with E-state index in [-0.39, 0.29) is 18.0 Å². The predicted molar refractivity (Wildman–Crippen MR) is 88.5 cm³/mol. The Labute approximate surface area is 134 Å². The molecule has 2 nitrogen and oxygen atoms in total. The highest BCUT2D eigenvalue weighted by molar-refractivity contribution is 5.77. The number of ether oxygens (including phenoxy) is 1. The van der Waals surface area contributed by atoms with E-state index in [9.17, 15) is 4.79 Å². The smallest absolute Gasteiger partial charge is 0.309 e. The molecule has 2 saturated carbocycles. The summed E-state index contributed by atoms with van der Waals surface area (Å²) in [5, 5.41) is 0. The van der Waals surface area contributed by atoms with Crippen LogP contribution in [-0.4, -0.2) is 12.1 Å². The van der Waals surface area contributed by atoms with Crippen LogP contribution in [0.15, 0.2) is 30.3 Å². The Morgan fingerprint density at radius 1 is 1.14 bits per heavy atom. The molecule has 2 aliphatic carbocycles. The minimum Gasteiger partial charge on any atom is -0.462 e. The maximum atomic E-state index is 12.5. The lowest BCUT2D eigenvalue weighted by atomic mass is 9.75. The molecule has 0 heterocycles. The van der Waals surface area contributed by atoms with E-state index in [1.54, 1.807) is 0 Å². The fourth-order valence-electron chi connectivity index (χ4n) is 4.01. The van der Waals surface area contributed by atoms with Gasteiger partial charge in [0.25, 0.3) is 0 Å². The zero-order chi connectivity index (χ0) is 15.7. The Balaban J connectivity index is 1.59. The molecule has 22 heavy (non-hydrogen) atoms. The highest BCUT2D eigenvalue weighted by Crippen LogP contribution is 2.49. The second kappa shape index (κ2) is 6.44. The molecular weight excluding hydrogens is 272 g/mol. The molecule has 3 rings (SSSR count). The number of carbonyl (C=O) groups excluding carboxylic acids is 1. The first-order chi connectivity index (χ1) is 10.6. The van der Waals surface area contributed by atoms with Crippen LogP contribution in [0, 0.1) is 23.7 Å². The van der Waals surface area contributed by atoms with Crippen molar-refractivity contribution in [3.05, 3.63) is 35.9 Å². The standard InChI is InChI=1S/C20H28O2/c1-13(2)16-10-9-14(3)11-19(16)22-20(21)18-12-17(18)15-7-5-4-6-8-15/h4-8,13-14,16-19H,9-12H2,1-3H3/t14-,16+,17+,18-,19-/m0/s1. The molecule has 2 aliphatic rings. The highest BCUT2D eigenvalue weighted by atomic mass is 16.5. The molecule has 0 bridgehead atoms. The van der Waals surface area contributed by atoms with Crippen molar-refractivity contribution < 1.29 is 9.53 Å². The molecule has 5 atom stereocenters. The van der Waals surface area contributed by atoms with Crippen molar-refractivity contribution in [2.45, 2.75) is 58.5 Å². The Kier molecular flexibility index (Phi) is 4.56. The Hall–Kier alpha value is -1.31. The lowest BCUT2D eigenvalue weighted by molar-refractivity contribution is -0.157. The third kappa shape index (κ3) is 3.37. The van der Waals surface area contributed by atoms with Crippen molar-refractivity contribution in [2.24, 2.45) is 23.7 Å². The van der Waals surface area contributed by atoms with Gasteiger partial charge in [0.2, 0.25) is 0 Å². The summed E-state index contributed by atoms with van der Waals surface area (Å²) in [6, 6.07) is 10.4. The van der Waals surface area contributed by atoms with Crippen molar-refractivity contribution in [1.82, 2.24) is 0 Å². The van der Waals surface area contributed by atoms with Crippen LogP contribution in [0.5, 0.6) is 0 Å². The van der Waals surface area contributed by atoms with Crippen LogP contribution in [0.3, 0.4) is 0 Å². The van der Waals surface area contributed by atoms with Crippen molar-refractivity contribution in [1.29, 1.82) is 0 Å². The lowest BCUT2D eigenvalue weighted by Crippen LogP contribution is -2.36. The summed E-state index contributed by atoms with van der Waals surface area (Å²) in [5.41, 5.74) is 1.28. The number of rotatable bonds is 4. The number of benzene rings is 1. The number of esters is 1. The third-order valence-corrected chi connectivity index (χ3v) is 5.55. The van der Waals surface area contributed by atoms with Crippen LogP contribution >= 0.6 is 0 Å². The maximum absolute atomic E-state index is 12.5. The molecule has 0 N–H and O–H groups in total. The first-order valence-electron chi connectivity index (χ1n) is 8.81. The molecule has 0 aromatic heterocycles. The first kappa shape index (κ1) is 15.6.